The third kappa shape index (κ3) is 36.6. The molecule has 8 fully saturated rings. The molecule has 336 valence electrons. The summed E-state index contributed by atoms with van der Waals surface area (Å²) in [4.78, 5) is 0. The second-order valence-corrected chi connectivity index (χ2v) is 17.2. The van der Waals surface area contributed by atoms with Gasteiger partial charge in [0.15, 0.2) is 0 Å². The summed E-state index contributed by atoms with van der Waals surface area (Å²) in [6.07, 6.45) is 14.5. The second-order valence-electron chi connectivity index (χ2n) is 17.2. The van der Waals surface area contributed by atoms with Crippen LogP contribution in [0.5, 0.6) is 0 Å². The van der Waals surface area contributed by atoms with Gasteiger partial charge in [0, 0.05) is 103 Å². The van der Waals surface area contributed by atoms with E-state index in [1.54, 1.807) is 0 Å². The van der Waals surface area contributed by atoms with Gasteiger partial charge in [-0.1, -0.05) is 20.3 Å². The SMILES string of the molecule is C[C@@H]1CCCCN1.C[C@@H]1CCCCO1.C[C@@H]1CCCNC1.C[C@@H]1CCCOC1.C[C@@H]1CNCCN1.C[C@@H]1COCCN1.C[C@H]1CNCCN1.C[C@H]1CNCCO1. The molecule has 8 N–H and O–H groups in total. The zero-order valence-electron chi connectivity index (χ0n) is 38.1. The van der Waals surface area contributed by atoms with Gasteiger partial charge in [0.1, 0.15) is 0 Å². The van der Waals surface area contributed by atoms with Gasteiger partial charge in [0.25, 0.3) is 0 Å². The summed E-state index contributed by atoms with van der Waals surface area (Å²) in [6.45, 7) is 36.6. The van der Waals surface area contributed by atoms with E-state index in [1.165, 1.54) is 83.8 Å². The van der Waals surface area contributed by atoms with Crippen molar-refractivity contribution in [1.82, 2.24) is 42.5 Å². The van der Waals surface area contributed by atoms with Gasteiger partial charge < -0.3 is 61.5 Å². The topological polar surface area (TPSA) is 133 Å². The van der Waals surface area contributed by atoms with Crippen molar-refractivity contribution >= 4 is 0 Å². The summed E-state index contributed by atoms with van der Waals surface area (Å²) >= 11 is 0. The lowest BCUT2D eigenvalue weighted by atomic mass is 10.0. The van der Waals surface area contributed by atoms with Crippen LogP contribution in [0.4, 0.5) is 0 Å². The highest BCUT2D eigenvalue weighted by molar-refractivity contribution is 4.71. The number of piperidine rings is 2. The van der Waals surface area contributed by atoms with E-state index in [0.717, 1.165) is 116 Å². The molecule has 0 amide bonds. The van der Waals surface area contributed by atoms with Gasteiger partial charge in [-0.3, -0.25) is 0 Å². The van der Waals surface area contributed by atoms with Gasteiger partial charge in [0.05, 0.1) is 32.0 Å². The molecule has 0 spiro atoms. The number of ether oxygens (including phenoxy) is 4. The number of hydrogen-bond donors (Lipinski definition) is 8. The van der Waals surface area contributed by atoms with Gasteiger partial charge >= 0.3 is 0 Å². The van der Waals surface area contributed by atoms with E-state index in [-0.39, 0.29) is 0 Å². The number of hydrogen-bond acceptors (Lipinski definition) is 12. The molecule has 8 atom stereocenters. The van der Waals surface area contributed by atoms with E-state index < -0.39 is 0 Å². The van der Waals surface area contributed by atoms with E-state index in [2.05, 4.69) is 97.9 Å². The van der Waals surface area contributed by atoms with Gasteiger partial charge in [-0.25, -0.2) is 0 Å². The Balaban J connectivity index is 0.000000320. The van der Waals surface area contributed by atoms with Crippen molar-refractivity contribution in [3.05, 3.63) is 0 Å². The number of piperazine rings is 2. The first-order valence-electron chi connectivity index (χ1n) is 23.3. The predicted molar refractivity (Wildman–Crippen MR) is 238 cm³/mol. The van der Waals surface area contributed by atoms with E-state index in [9.17, 15) is 0 Å². The first-order chi connectivity index (χ1) is 27.2. The Morgan fingerprint density at radius 2 is 0.946 bits per heavy atom. The molecule has 0 saturated carbocycles. The molecule has 56 heavy (non-hydrogen) atoms. The van der Waals surface area contributed by atoms with Crippen molar-refractivity contribution in [1.29, 1.82) is 0 Å². The van der Waals surface area contributed by atoms with Gasteiger partial charge in [-0.05, 0) is 131 Å². The van der Waals surface area contributed by atoms with Crippen molar-refractivity contribution in [3.8, 4) is 0 Å². The van der Waals surface area contributed by atoms with Crippen LogP contribution in [0.25, 0.3) is 0 Å². The van der Waals surface area contributed by atoms with Gasteiger partial charge in [-0.15, -0.1) is 0 Å². The molecular weight excluding hydrogens is 705 g/mol. The Labute approximate surface area is 346 Å². The van der Waals surface area contributed by atoms with Gasteiger partial charge in [0.2, 0.25) is 0 Å². The van der Waals surface area contributed by atoms with E-state index >= 15 is 0 Å². The average molecular weight is 801 g/mol. The quantitative estimate of drug-likeness (QED) is 0.178. The predicted octanol–water partition coefficient (Wildman–Crippen LogP) is 4.29. The van der Waals surface area contributed by atoms with Crippen LogP contribution in [-0.2, 0) is 18.9 Å². The summed E-state index contributed by atoms with van der Waals surface area (Å²) in [7, 11) is 0. The van der Waals surface area contributed by atoms with Crippen LogP contribution < -0.4 is 42.5 Å². The zero-order valence-corrected chi connectivity index (χ0v) is 38.1. The van der Waals surface area contributed by atoms with Crippen LogP contribution in [0, 0.1) is 11.8 Å². The molecule has 0 aliphatic carbocycles. The maximum atomic E-state index is 5.28. The molecule has 8 aliphatic heterocycles. The largest absolute Gasteiger partial charge is 0.381 e. The Hall–Kier alpha value is -0.480. The number of morpholine rings is 2. The Morgan fingerprint density at radius 3 is 1.20 bits per heavy atom. The van der Waals surface area contributed by atoms with E-state index in [1.807, 2.05) is 0 Å². The van der Waals surface area contributed by atoms with Crippen LogP contribution in [-0.4, -0.2) is 155 Å². The minimum atomic E-state index is 0.425. The van der Waals surface area contributed by atoms with Crippen LogP contribution >= 0.6 is 0 Å². The molecule has 0 bridgehead atoms. The molecule has 8 aliphatic rings. The molecule has 12 heteroatoms. The molecule has 0 aromatic heterocycles. The fourth-order valence-corrected chi connectivity index (χ4v) is 6.84. The lowest BCUT2D eigenvalue weighted by Crippen LogP contribution is -2.46. The third-order valence-corrected chi connectivity index (χ3v) is 10.6. The molecule has 0 radical (unpaired) electrons. The first-order valence-corrected chi connectivity index (χ1v) is 23.3. The normalized spacial score (nSPS) is 33.0. The van der Waals surface area contributed by atoms with Crippen molar-refractivity contribution < 1.29 is 18.9 Å². The lowest BCUT2D eigenvalue weighted by molar-refractivity contribution is 0.0285. The molecular formula is C44H96N8O4. The van der Waals surface area contributed by atoms with Crippen LogP contribution in [0.1, 0.15) is 120 Å². The lowest BCUT2D eigenvalue weighted by Gasteiger charge is -2.19. The van der Waals surface area contributed by atoms with Crippen LogP contribution in [0.2, 0.25) is 0 Å². The minimum Gasteiger partial charge on any atom is -0.381 e. The van der Waals surface area contributed by atoms with Crippen molar-refractivity contribution in [2.45, 2.75) is 156 Å². The monoisotopic (exact) mass is 801 g/mol. The average Bonchev–Trinajstić information content (AvgIpc) is 3.22. The van der Waals surface area contributed by atoms with Crippen LogP contribution in [0.15, 0.2) is 0 Å². The van der Waals surface area contributed by atoms with E-state index in [0.29, 0.717) is 30.3 Å². The maximum Gasteiger partial charge on any atom is 0.0672 e. The standard InChI is InChI=1S/2C6H13N.2C6H12O.2C5H12N2.2C5H11NO/c1-6-3-2-4-7-5-6;1-6-4-2-3-5-7-6;1-6-3-2-4-7-5-6;1-6-4-2-3-5-7-6;2*1-5-4-6-2-3-7-5;1-5-4-7-3-2-6-5;1-5-4-6-2-3-7-5/h2*6-7H,2-5H2,1H3;2*6H,2-5H2,1H3;2*5-7H,2-4H2,1H3;2*5-6H,2-4H2,1H3/t4*6-;4*5-/m11111010/s1. The first kappa shape index (κ1) is 53.5. The molecule has 8 heterocycles. The smallest absolute Gasteiger partial charge is 0.0672 e. The summed E-state index contributed by atoms with van der Waals surface area (Å²) in [6, 6.07) is 2.70. The molecule has 0 aromatic rings. The fourth-order valence-electron chi connectivity index (χ4n) is 6.84. The number of rotatable bonds is 0. The highest BCUT2D eigenvalue weighted by Crippen LogP contribution is 2.11. The summed E-state index contributed by atoms with van der Waals surface area (Å²) in [5.74, 6) is 1.74. The minimum absolute atomic E-state index is 0.425. The second kappa shape index (κ2) is 38.7. The molecule has 12 nitrogen and oxygen atoms in total. The van der Waals surface area contributed by atoms with Crippen molar-refractivity contribution in [2.75, 3.05) is 118 Å². The fraction of sp³-hybridized carbons (Fsp3) is 1.00. The van der Waals surface area contributed by atoms with E-state index in [4.69, 9.17) is 18.9 Å². The molecule has 0 aromatic carbocycles. The Kier molecular flexibility index (Phi) is 37.0. The highest BCUT2D eigenvalue weighted by Gasteiger charge is 2.09. The zero-order chi connectivity index (χ0) is 40.9. The maximum absolute atomic E-state index is 5.28. The Morgan fingerprint density at radius 1 is 0.339 bits per heavy atom. The van der Waals surface area contributed by atoms with Crippen molar-refractivity contribution in [3.63, 3.8) is 0 Å². The Bertz CT molecular complexity index is 581. The summed E-state index contributed by atoms with van der Waals surface area (Å²) in [5.41, 5.74) is 0. The van der Waals surface area contributed by atoms with Crippen LogP contribution in [0.3, 0.4) is 0 Å². The summed E-state index contributed by atoms with van der Waals surface area (Å²) < 4.78 is 20.8. The molecule has 8 saturated heterocycles. The molecule has 0 unspecified atom stereocenters. The number of nitrogens with one attached hydrogen (secondary N) is 8. The molecule has 8 rings (SSSR count). The third-order valence-electron chi connectivity index (χ3n) is 10.6. The van der Waals surface area contributed by atoms with Crippen molar-refractivity contribution in [2.24, 2.45) is 11.8 Å². The summed E-state index contributed by atoms with van der Waals surface area (Å²) in [5, 5.41) is 26.4. The highest BCUT2D eigenvalue weighted by atomic mass is 16.5. The van der Waals surface area contributed by atoms with Gasteiger partial charge in [-0.2, -0.15) is 0 Å².